The Morgan fingerprint density at radius 3 is 2.66 bits per heavy atom. The molecule has 238 valence electrons. The Morgan fingerprint density at radius 2 is 1.74 bits per heavy atom. The van der Waals surface area contributed by atoms with E-state index in [4.69, 9.17) is 9.73 Å². The molecule has 0 fully saturated rings. The smallest absolute Gasteiger partial charge is 0.131 e. The summed E-state index contributed by atoms with van der Waals surface area (Å²) in [4.78, 5) is 12.0. The lowest BCUT2D eigenvalue weighted by Gasteiger charge is -2.23. The summed E-state index contributed by atoms with van der Waals surface area (Å²) in [5, 5.41) is 2.68. The highest BCUT2D eigenvalue weighted by atomic mass is 32.2. The molecule has 5 heteroatoms. The van der Waals surface area contributed by atoms with Gasteiger partial charge >= 0.3 is 0 Å². The predicted octanol–water partition coefficient (Wildman–Crippen LogP) is 10.9. The van der Waals surface area contributed by atoms with E-state index in [1.54, 1.807) is 11.8 Å². The minimum atomic E-state index is 0.224. The zero-order valence-corrected chi connectivity index (χ0v) is 28.1. The second-order valence-corrected chi connectivity index (χ2v) is 14.7. The van der Waals surface area contributed by atoms with Gasteiger partial charge in [-0.1, -0.05) is 121 Å². The first-order valence-electron chi connectivity index (χ1n) is 17.3. The predicted molar refractivity (Wildman–Crippen MR) is 207 cm³/mol. The van der Waals surface area contributed by atoms with E-state index >= 15 is 0 Å². The molecule has 0 N–H and O–H groups in total. The van der Waals surface area contributed by atoms with E-state index in [-0.39, 0.29) is 5.92 Å². The zero-order chi connectivity index (χ0) is 32.9. The van der Waals surface area contributed by atoms with Crippen molar-refractivity contribution in [1.82, 2.24) is 4.57 Å². The quantitative estimate of drug-likeness (QED) is 0.176. The van der Waals surface area contributed by atoms with Gasteiger partial charge in [0.25, 0.3) is 0 Å². The molecule has 11 rings (SSSR count). The third kappa shape index (κ3) is 3.95. The Hall–Kier alpha value is -5.65. The molecule has 0 saturated carbocycles. The molecule has 2 atom stereocenters. The van der Waals surface area contributed by atoms with E-state index in [9.17, 15) is 0 Å². The fourth-order valence-electron chi connectivity index (χ4n) is 8.79. The number of rotatable bonds is 4. The lowest BCUT2D eigenvalue weighted by Crippen LogP contribution is -2.12. The van der Waals surface area contributed by atoms with Crippen molar-refractivity contribution in [2.75, 3.05) is 0 Å². The Bertz CT molecular complexity index is 2650. The number of thioether (sulfide) groups is 1. The van der Waals surface area contributed by atoms with Gasteiger partial charge in [0.2, 0.25) is 0 Å². The molecule has 0 saturated heterocycles. The maximum Gasteiger partial charge on any atom is 0.131 e. The molecule has 50 heavy (non-hydrogen) atoms. The molecular weight excluding hydrogens is 631 g/mol. The van der Waals surface area contributed by atoms with Crippen molar-refractivity contribution < 1.29 is 4.74 Å². The number of benzene rings is 5. The van der Waals surface area contributed by atoms with Crippen LogP contribution in [-0.2, 0) is 13.0 Å². The van der Waals surface area contributed by atoms with Crippen LogP contribution >= 0.6 is 11.8 Å². The highest BCUT2D eigenvalue weighted by Crippen LogP contribution is 2.53. The van der Waals surface area contributed by atoms with Crippen LogP contribution in [0.2, 0.25) is 0 Å². The summed E-state index contributed by atoms with van der Waals surface area (Å²) in [7, 11) is 0. The molecule has 5 aliphatic rings. The van der Waals surface area contributed by atoms with Gasteiger partial charge in [-0.05, 0) is 54.5 Å². The van der Waals surface area contributed by atoms with E-state index in [0.29, 0.717) is 12.6 Å². The van der Waals surface area contributed by atoms with Gasteiger partial charge in [0.05, 0.1) is 39.9 Å². The SMILES string of the molecule is C=N/C(=C1/Sc2ccccc2C1=NCc1ccc2c(c1)OC1=Cc3c(ccc4c5cccc6c5n(c34)C3CC=CC=C63)CC12)c1ccccc1. The molecule has 3 aliphatic heterocycles. The number of allylic oxidation sites excluding steroid dienone is 6. The van der Waals surface area contributed by atoms with Crippen molar-refractivity contribution in [2.24, 2.45) is 9.98 Å². The van der Waals surface area contributed by atoms with Gasteiger partial charge in [-0.15, -0.1) is 0 Å². The maximum atomic E-state index is 6.73. The molecule has 0 radical (unpaired) electrons. The van der Waals surface area contributed by atoms with Crippen LogP contribution in [0.25, 0.3) is 39.2 Å². The molecular formula is C45H31N3OS. The third-order valence-corrected chi connectivity index (χ3v) is 12.2. The maximum absolute atomic E-state index is 6.73. The Balaban J connectivity index is 0.963. The van der Waals surface area contributed by atoms with Crippen molar-refractivity contribution in [2.45, 2.75) is 36.2 Å². The Kier molecular flexibility index (Phi) is 6.02. The molecule has 4 nitrogen and oxygen atoms in total. The largest absolute Gasteiger partial charge is 0.461 e. The number of aliphatic imine (C=N–C) groups is 2. The average molecular weight is 662 g/mol. The van der Waals surface area contributed by atoms with E-state index in [0.717, 1.165) is 57.4 Å². The van der Waals surface area contributed by atoms with Gasteiger partial charge < -0.3 is 9.30 Å². The number of para-hydroxylation sites is 1. The van der Waals surface area contributed by atoms with E-state index in [2.05, 4.69) is 126 Å². The highest BCUT2D eigenvalue weighted by Gasteiger charge is 2.37. The molecule has 5 aromatic carbocycles. The van der Waals surface area contributed by atoms with Gasteiger partial charge in [-0.25, -0.2) is 0 Å². The molecule has 1 aromatic heterocycles. The van der Waals surface area contributed by atoms with Crippen LogP contribution in [-0.4, -0.2) is 17.0 Å². The van der Waals surface area contributed by atoms with Crippen molar-refractivity contribution >= 4 is 63.3 Å². The summed E-state index contributed by atoms with van der Waals surface area (Å²) in [6.45, 7) is 4.48. The molecule has 2 unspecified atom stereocenters. The number of hydrogen-bond donors (Lipinski definition) is 0. The summed E-state index contributed by atoms with van der Waals surface area (Å²) in [6.07, 6.45) is 11.1. The van der Waals surface area contributed by atoms with Gasteiger partial charge in [0, 0.05) is 49.4 Å². The highest BCUT2D eigenvalue weighted by molar-refractivity contribution is 8.05. The molecule has 0 amide bonds. The topological polar surface area (TPSA) is 38.9 Å². The lowest BCUT2D eigenvalue weighted by atomic mass is 9.83. The van der Waals surface area contributed by atoms with Crippen LogP contribution in [0.5, 0.6) is 5.75 Å². The van der Waals surface area contributed by atoms with Gasteiger partial charge in [0.15, 0.2) is 0 Å². The normalized spacial score (nSPS) is 20.9. The van der Waals surface area contributed by atoms with Crippen LogP contribution < -0.4 is 4.74 Å². The summed E-state index contributed by atoms with van der Waals surface area (Å²) >= 11 is 1.72. The monoisotopic (exact) mass is 661 g/mol. The average Bonchev–Trinajstić information content (AvgIpc) is 3.90. The second-order valence-electron chi connectivity index (χ2n) is 13.7. The number of ether oxygens (including phenoxy) is 1. The lowest BCUT2D eigenvalue weighted by molar-refractivity contribution is 0.429. The number of hydrogen-bond acceptors (Lipinski definition) is 4. The van der Waals surface area contributed by atoms with Crippen molar-refractivity contribution in [3.63, 3.8) is 0 Å². The van der Waals surface area contributed by atoms with Crippen LogP contribution in [0, 0.1) is 0 Å². The minimum Gasteiger partial charge on any atom is -0.461 e. The van der Waals surface area contributed by atoms with Gasteiger partial charge in [0.1, 0.15) is 11.5 Å². The summed E-state index contributed by atoms with van der Waals surface area (Å²) in [5.74, 6) is 2.23. The summed E-state index contributed by atoms with van der Waals surface area (Å²) in [5.41, 5.74) is 14.6. The van der Waals surface area contributed by atoms with Gasteiger partial charge in [-0.2, -0.15) is 0 Å². The van der Waals surface area contributed by atoms with E-state index in [1.165, 1.54) is 54.5 Å². The van der Waals surface area contributed by atoms with Crippen molar-refractivity contribution in [3.05, 3.63) is 171 Å². The molecule has 0 spiro atoms. The fraction of sp³-hybridized carbons (Fsp3) is 0.111. The first-order valence-corrected chi connectivity index (χ1v) is 18.1. The Morgan fingerprint density at radius 1 is 0.880 bits per heavy atom. The second kappa shape index (κ2) is 10.7. The number of nitrogens with zero attached hydrogens (tertiary/aromatic N) is 3. The minimum absolute atomic E-state index is 0.224. The van der Waals surface area contributed by atoms with Crippen LogP contribution in [0.15, 0.2) is 147 Å². The third-order valence-electron chi connectivity index (χ3n) is 11.0. The standard InChI is InChI=1S/C45H31N3OS/c1-46-41(27-10-3-2-4-11-27)45-42(34-13-6-8-17-40(34)50-45)47-25-26-18-20-30-36-23-28-19-21-33-32-15-9-14-31-29-12-5-7-16-37(29)48(43(31)32)44(33)35(28)24-39(36)49-38(30)22-26/h2-15,17-22,24,36-37H,1,16,23,25H2/b45-41+,47-42?. The molecule has 4 heterocycles. The first kappa shape index (κ1) is 28.2. The fourth-order valence-corrected chi connectivity index (χ4v) is 9.98. The molecule has 6 aromatic rings. The van der Waals surface area contributed by atoms with E-state index < -0.39 is 0 Å². The van der Waals surface area contributed by atoms with Crippen molar-refractivity contribution in [3.8, 4) is 5.75 Å². The van der Waals surface area contributed by atoms with Crippen LogP contribution in [0.1, 0.15) is 57.3 Å². The zero-order valence-electron chi connectivity index (χ0n) is 27.3. The number of fused-ring (bicyclic) bond motifs is 12. The Labute approximate surface area is 294 Å². The summed E-state index contributed by atoms with van der Waals surface area (Å²) in [6, 6.07) is 37.3. The first-order chi connectivity index (χ1) is 24.7. The van der Waals surface area contributed by atoms with E-state index in [1.807, 2.05) is 18.2 Å². The van der Waals surface area contributed by atoms with Crippen LogP contribution in [0.3, 0.4) is 0 Å². The van der Waals surface area contributed by atoms with Crippen LogP contribution in [0.4, 0.5) is 0 Å². The van der Waals surface area contributed by atoms with Crippen molar-refractivity contribution in [1.29, 1.82) is 0 Å². The van der Waals surface area contributed by atoms with Gasteiger partial charge in [-0.3, -0.25) is 9.98 Å². The molecule has 2 aliphatic carbocycles. The summed E-state index contributed by atoms with van der Waals surface area (Å²) < 4.78 is 9.35. The number of aromatic nitrogens is 1. The molecule has 0 bridgehead atoms.